The van der Waals surface area contributed by atoms with Crippen LogP contribution in [0.3, 0.4) is 0 Å². The van der Waals surface area contributed by atoms with Crippen molar-refractivity contribution in [3.8, 4) is 6.01 Å². The fourth-order valence-corrected chi connectivity index (χ4v) is 4.05. The lowest BCUT2D eigenvalue weighted by molar-refractivity contribution is -0.141. The van der Waals surface area contributed by atoms with Crippen LogP contribution < -0.4 is 9.64 Å². The standard InChI is InChI=1S/C17H17F4N5O/c18-12-6-22-15(23-7-12)27-10-16-5-1-2-11(16)8-26(9-16)14-4-3-13(24-25-14)17(19,20)21/h3-4,6-7,11H,1-2,5,8-10H2. The Kier molecular flexibility index (Phi) is 4.35. The SMILES string of the molecule is Fc1cnc(OCC23CCCC2CN(c2ccc(C(F)(F)F)nn2)C3)nc1. The molecule has 1 aliphatic heterocycles. The maximum absolute atomic E-state index is 12.9. The van der Waals surface area contributed by atoms with Crippen molar-refractivity contribution in [3.63, 3.8) is 0 Å². The van der Waals surface area contributed by atoms with E-state index in [4.69, 9.17) is 4.74 Å². The van der Waals surface area contributed by atoms with E-state index in [9.17, 15) is 17.6 Å². The highest BCUT2D eigenvalue weighted by Crippen LogP contribution is 2.49. The number of ether oxygens (including phenoxy) is 1. The molecule has 10 heteroatoms. The minimum absolute atomic E-state index is 0.115. The number of rotatable bonds is 4. The average molecular weight is 383 g/mol. The van der Waals surface area contributed by atoms with Gasteiger partial charge >= 0.3 is 12.2 Å². The Morgan fingerprint density at radius 2 is 1.96 bits per heavy atom. The molecule has 0 N–H and O–H groups in total. The van der Waals surface area contributed by atoms with Gasteiger partial charge in [0.05, 0.1) is 19.0 Å². The van der Waals surface area contributed by atoms with Crippen molar-refractivity contribution in [2.24, 2.45) is 11.3 Å². The second-order valence-electron chi connectivity index (χ2n) is 7.08. The van der Waals surface area contributed by atoms with Crippen LogP contribution in [0.25, 0.3) is 0 Å². The van der Waals surface area contributed by atoms with Crippen LogP contribution in [0.4, 0.5) is 23.4 Å². The van der Waals surface area contributed by atoms with Crippen LogP contribution in [0.15, 0.2) is 24.5 Å². The molecule has 2 aliphatic rings. The third-order valence-electron chi connectivity index (χ3n) is 5.39. The Morgan fingerprint density at radius 1 is 1.19 bits per heavy atom. The van der Waals surface area contributed by atoms with Gasteiger partial charge < -0.3 is 9.64 Å². The van der Waals surface area contributed by atoms with Crippen LogP contribution in [0, 0.1) is 17.2 Å². The van der Waals surface area contributed by atoms with Gasteiger partial charge in [-0.2, -0.15) is 13.2 Å². The Balaban J connectivity index is 1.47. The van der Waals surface area contributed by atoms with Gasteiger partial charge in [0, 0.05) is 18.5 Å². The molecule has 1 saturated carbocycles. The maximum Gasteiger partial charge on any atom is 0.435 e. The van der Waals surface area contributed by atoms with Gasteiger partial charge in [-0.15, -0.1) is 10.2 Å². The highest BCUT2D eigenvalue weighted by molar-refractivity contribution is 5.41. The van der Waals surface area contributed by atoms with E-state index in [1.54, 1.807) is 0 Å². The van der Waals surface area contributed by atoms with Crippen LogP contribution in [-0.4, -0.2) is 39.9 Å². The zero-order valence-corrected chi connectivity index (χ0v) is 14.3. The van der Waals surface area contributed by atoms with Crippen molar-refractivity contribution < 1.29 is 22.3 Å². The summed E-state index contributed by atoms with van der Waals surface area (Å²) >= 11 is 0. The molecule has 0 bridgehead atoms. The molecule has 27 heavy (non-hydrogen) atoms. The largest absolute Gasteiger partial charge is 0.463 e. The van der Waals surface area contributed by atoms with E-state index < -0.39 is 17.7 Å². The third kappa shape index (κ3) is 3.52. The summed E-state index contributed by atoms with van der Waals surface area (Å²) < 4.78 is 56.6. The average Bonchev–Trinajstić information content (AvgIpc) is 3.18. The molecule has 2 atom stereocenters. The van der Waals surface area contributed by atoms with Crippen molar-refractivity contribution in [2.75, 3.05) is 24.6 Å². The summed E-state index contributed by atoms with van der Waals surface area (Å²) in [6, 6.07) is 2.42. The summed E-state index contributed by atoms with van der Waals surface area (Å²) in [7, 11) is 0. The van der Waals surface area contributed by atoms with Crippen molar-refractivity contribution in [1.82, 2.24) is 20.2 Å². The molecule has 2 unspecified atom stereocenters. The molecule has 0 radical (unpaired) electrons. The Labute approximate surface area is 152 Å². The van der Waals surface area contributed by atoms with E-state index in [1.807, 2.05) is 4.90 Å². The van der Waals surface area contributed by atoms with E-state index in [0.29, 0.717) is 31.4 Å². The van der Waals surface area contributed by atoms with Gasteiger partial charge in [-0.3, -0.25) is 0 Å². The molecule has 2 aromatic heterocycles. The summed E-state index contributed by atoms with van der Waals surface area (Å²) in [4.78, 5) is 9.57. The molecule has 2 fully saturated rings. The fraction of sp³-hybridized carbons (Fsp3) is 0.529. The van der Waals surface area contributed by atoms with Crippen molar-refractivity contribution in [1.29, 1.82) is 0 Å². The van der Waals surface area contributed by atoms with Crippen LogP contribution >= 0.6 is 0 Å². The number of fused-ring (bicyclic) bond motifs is 1. The van der Waals surface area contributed by atoms with Gasteiger partial charge in [0.15, 0.2) is 17.3 Å². The topological polar surface area (TPSA) is 64.0 Å². The molecule has 4 rings (SSSR count). The fourth-order valence-electron chi connectivity index (χ4n) is 4.05. The molecule has 0 spiro atoms. The number of alkyl halides is 3. The van der Waals surface area contributed by atoms with E-state index in [2.05, 4.69) is 20.2 Å². The Hall–Kier alpha value is -2.52. The van der Waals surface area contributed by atoms with E-state index >= 15 is 0 Å². The minimum Gasteiger partial charge on any atom is -0.463 e. The number of anilines is 1. The first-order chi connectivity index (χ1) is 12.9. The van der Waals surface area contributed by atoms with Crippen LogP contribution in [0.2, 0.25) is 0 Å². The van der Waals surface area contributed by atoms with Crippen molar-refractivity contribution >= 4 is 5.82 Å². The molecule has 2 aromatic rings. The van der Waals surface area contributed by atoms with Gasteiger partial charge in [-0.25, -0.2) is 14.4 Å². The molecular weight excluding hydrogens is 366 g/mol. The molecule has 3 heterocycles. The summed E-state index contributed by atoms with van der Waals surface area (Å²) in [5.74, 6) is 0.226. The van der Waals surface area contributed by atoms with Gasteiger partial charge in [-0.1, -0.05) is 6.42 Å². The van der Waals surface area contributed by atoms with E-state index in [1.165, 1.54) is 6.07 Å². The maximum atomic E-state index is 12.9. The predicted molar refractivity (Wildman–Crippen MR) is 86.5 cm³/mol. The van der Waals surface area contributed by atoms with Gasteiger partial charge in [0.25, 0.3) is 0 Å². The number of aromatic nitrogens is 4. The van der Waals surface area contributed by atoms with Crippen molar-refractivity contribution in [3.05, 3.63) is 36.0 Å². The lowest BCUT2D eigenvalue weighted by Crippen LogP contribution is -2.34. The third-order valence-corrected chi connectivity index (χ3v) is 5.39. The van der Waals surface area contributed by atoms with Gasteiger partial charge in [0.2, 0.25) is 0 Å². The number of hydrogen-bond acceptors (Lipinski definition) is 6. The molecule has 144 valence electrons. The summed E-state index contributed by atoms with van der Waals surface area (Å²) in [6.07, 6.45) is 0.597. The normalized spacial score (nSPS) is 24.9. The minimum atomic E-state index is -4.50. The van der Waals surface area contributed by atoms with Crippen LogP contribution in [0.1, 0.15) is 25.0 Å². The lowest BCUT2D eigenvalue weighted by atomic mass is 9.82. The summed E-state index contributed by atoms with van der Waals surface area (Å²) in [5, 5.41) is 7.07. The molecule has 0 amide bonds. The Bertz CT molecular complexity index is 798. The zero-order chi connectivity index (χ0) is 19.1. The number of nitrogens with zero attached hydrogens (tertiary/aromatic N) is 5. The molecule has 6 nitrogen and oxygen atoms in total. The van der Waals surface area contributed by atoms with Crippen LogP contribution in [0.5, 0.6) is 6.01 Å². The number of hydrogen-bond donors (Lipinski definition) is 0. The molecule has 1 saturated heterocycles. The first kappa shape index (κ1) is 17.9. The number of halogens is 4. The molecular formula is C17H17F4N5O. The van der Waals surface area contributed by atoms with Crippen LogP contribution in [-0.2, 0) is 6.18 Å². The second-order valence-corrected chi connectivity index (χ2v) is 7.08. The zero-order valence-electron chi connectivity index (χ0n) is 14.3. The lowest BCUT2D eigenvalue weighted by Gasteiger charge is -2.28. The summed E-state index contributed by atoms with van der Waals surface area (Å²) in [6.45, 7) is 1.67. The van der Waals surface area contributed by atoms with E-state index in [0.717, 1.165) is 37.7 Å². The quantitative estimate of drug-likeness (QED) is 0.756. The van der Waals surface area contributed by atoms with Gasteiger partial charge in [-0.05, 0) is 30.9 Å². The second kappa shape index (κ2) is 6.58. The first-order valence-electron chi connectivity index (χ1n) is 8.62. The van der Waals surface area contributed by atoms with Gasteiger partial charge in [0.1, 0.15) is 0 Å². The predicted octanol–water partition coefficient (Wildman–Crippen LogP) is 3.11. The highest BCUT2D eigenvalue weighted by atomic mass is 19.4. The first-order valence-corrected chi connectivity index (χ1v) is 8.62. The molecule has 1 aliphatic carbocycles. The monoisotopic (exact) mass is 383 g/mol. The smallest absolute Gasteiger partial charge is 0.435 e. The van der Waals surface area contributed by atoms with Crippen molar-refractivity contribution in [2.45, 2.75) is 25.4 Å². The Morgan fingerprint density at radius 3 is 2.63 bits per heavy atom. The molecule has 0 aromatic carbocycles. The highest BCUT2D eigenvalue weighted by Gasteiger charge is 2.50. The summed E-state index contributed by atoms with van der Waals surface area (Å²) in [5.41, 5.74) is -1.15. The van der Waals surface area contributed by atoms with E-state index in [-0.39, 0.29) is 11.4 Å².